The number of anilines is 1. The van der Waals surface area contributed by atoms with Crippen molar-refractivity contribution in [1.29, 1.82) is 0 Å². The molecule has 1 N–H and O–H groups in total. The first-order valence-corrected chi connectivity index (χ1v) is 9.76. The first kappa shape index (κ1) is 20.4. The van der Waals surface area contributed by atoms with Crippen LogP contribution in [0.4, 0.5) is 10.5 Å². The minimum atomic E-state index is -0.400. The molecule has 0 atom stereocenters. The molecule has 3 rings (SSSR count). The molecule has 0 spiro atoms. The van der Waals surface area contributed by atoms with E-state index in [0.29, 0.717) is 11.3 Å². The zero-order valence-corrected chi connectivity index (χ0v) is 17.2. The van der Waals surface area contributed by atoms with Gasteiger partial charge in [-0.15, -0.1) is 0 Å². The van der Waals surface area contributed by atoms with E-state index in [0.717, 1.165) is 16.5 Å². The maximum atomic E-state index is 12.7. The topological polar surface area (TPSA) is 58.6 Å². The molecule has 5 heteroatoms. The normalized spacial score (nSPS) is 11.0. The molecule has 3 aromatic carbocycles. The minimum Gasteiger partial charge on any atom is -0.410 e. The van der Waals surface area contributed by atoms with E-state index in [4.69, 9.17) is 4.74 Å². The summed E-state index contributed by atoms with van der Waals surface area (Å²) in [6.45, 7) is 7.79. The minimum absolute atomic E-state index is 0.0354. The fourth-order valence-electron chi connectivity index (χ4n) is 3.37. The van der Waals surface area contributed by atoms with Gasteiger partial charge in [0, 0.05) is 28.7 Å². The van der Waals surface area contributed by atoms with E-state index >= 15 is 0 Å². The van der Waals surface area contributed by atoms with Crippen LogP contribution >= 0.6 is 0 Å². The monoisotopic (exact) mass is 390 g/mol. The molecule has 0 fully saturated rings. The molecule has 0 unspecified atom stereocenters. The molecule has 0 aromatic heterocycles. The largest absolute Gasteiger partial charge is 0.415 e. The van der Waals surface area contributed by atoms with Gasteiger partial charge in [-0.1, -0.05) is 36.4 Å². The van der Waals surface area contributed by atoms with E-state index in [-0.39, 0.29) is 18.0 Å². The van der Waals surface area contributed by atoms with E-state index in [1.807, 2.05) is 70.2 Å². The SMILES string of the molecule is CC(C)N(C(=O)Oc1ccc(C(=O)Nc2cccc3ccccc23)cc1)C(C)C. The molecular formula is C24H26N2O3. The molecule has 0 aliphatic carbocycles. The highest BCUT2D eigenvalue weighted by molar-refractivity contribution is 6.09. The van der Waals surface area contributed by atoms with Crippen LogP contribution in [0.15, 0.2) is 66.7 Å². The molecule has 0 saturated heterocycles. The Morgan fingerprint density at radius 1 is 0.828 bits per heavy atom. The maximum absolute atomic E-state index is 12.7. The highest BCUT2D eigenvalue weighted by Gasteiger charge is 2.22. The van der Waals surface area contributed by atoms with Gasteiger partial charge in [0.25, 0.3) is 5.91 Å². The van der Waals surface area contributed by atoms with Crippen molar-refractivity contribution in [3.05, 3.63) is 72.3 Å². The second-order valence-corrected chi connectivity index (χ2v) is 7.47. The summed E-state index contributed by atoms with van der Waals surface area (Å²) in [7, 11) is 0. The molecule has 29 heavy (non-hydrogen) atoms. The lowest BCUT2D eigenvalue weighted by Gasteiger charge is -2.29. The number of ether oxygens (including phenoxy) is 1. The van der Waals surface area contributed by atoms with Crippen LogP contribution in [0.1, 0.15) is 38.1 Å². The molecule has 0 saturated carbocycles. The van der Waals surface area contributed by atoms with Gasteiger partial charge in [-0.3, -0.25) is 4.79 Å². The molecule has 0 bridgehead atoms. The predicted octanol–water partition coefficient (Wildman–Crippen LogP) is 5.71. The number of hydrogen-bond acceptors (Lipinski definition) is 3. The Morgan fingerprint density at radius 2 is 1.45 bits per heavy atom. The molecule has 2 amide bonds. The number of nitrogens with one attached hydrogen (secondary N) is 1. The van der Waals surface area contributed by atoms with Crippen molar-refractivity contribution < 1.29 is 14.3 Å². The molecular weight excluding hydrogens is 364 g/mol. The van der Waals surface area contributed by atoms with Crippen LogP contribution in [0.25, 0.3) is 10.8 Å². The summed E-state index contributed by atoms with van der Waals surface area (Å²) < 4.78 is 5.47. The Labute approximate surface area is 171 Å². The van der Waals surface area contributed by atoms with Crippen molar-refractivity contribution in [3.8, 4) is 5.75 Å². The van der Waals surface area contributed by atoms with Crippen LogP contribution in [0.3, 0.4) is 0 Å². The number of carbonyl (C=O) groups is 2. The molecule has 0 aliphatic heterocycles. The lowest BCUT2D eigenvalue weighted by Crippen LogP contribution is -2.43. The van der Waals surface area contributed by atoms with Gasteiger partial charge in [0.15, 0.2) is 0 Å². The Morgan fingerprint density at radius 3 is 2.10 bits per heavy atom. The highest BCUT2D eigenvalue weighted by atomic mass is 16.6. The summed E-state index contributed by atoms with van der Waals surface area (Å²) in [5.41, 5.74) is 1.25. The number of rotatable bonds is 5. The van der Waals surface area contributed by atoms with Crippen LogP contribution in [0, 0.1) is 0 Å². The second kappa shape index (κ2) is 8.78. The lowest BCUT2D eigenvalue weighted by molar-refractivity contribution is 0.102. The summed E-state index contributed by atoms with van der Waals surface area (Å²) in [6.07, 6.45) is -0.400. The van der Waals surface area contributed by atoms with Crippen LogP contribution in [-0.4, -0.2) is 29.0 Å². The smallest absolute Gasteiger partial charge is 0.410 e. The first-order chi connectivity index (χ1) is 13.9. The van der Waals surface area contributed by atoms with Gasteiger partial charge in [0.2, 0.25) is 0 Å². The van der Waals surface area contributed by atoms with Gasteiger partial charge in [-0.2, -0.15) is 0 Å². The second-order valence-electron chi connectivity index (χ2n) is 7.47. The first-order valence-electron chi connectivity index (χ1n) is 9.76. The Hall–Kier alpha value is -3.34. The molecule has 0 radical (unpaired) electrons. The molecule has 0 aliphatic rings. The average molecular weight is 390 g/mol. The molecule has 3 aromatic rings. The van der Waals surface area contributed by atoms with Gasteiger partial charge in [-0.25, -0.2) is 4.79 Å². The van der Waals surface area contributed by atoms with Gasteiger partial charge in [0.1, 0.15) is 5.75 Å². The molecule has 150 valence electrons. The number of benzene rings is 3. The van der Waals surface area contributed by atoms with Crippen molar-refractivity contribution in [2.24, 2.45) is 0 Å². The number of hydrogen-bond donors (Lipinski definition) is 1. The molecule has 5 nitrogen and oxygen atoms in total. The number of fused-ring (bicyclic) bond motifs is 1. The van der Waals surface area contributed by atoms with Crippen molar-refractivity contribution in [1.82, 2.24) is 4.90 Å². The Bertz CT molecular complexity index is 997. The summed E-state index contributed by atoms with van der Waals surface area (Å²) in [5.74, 6) is 0.188. The van der Waals surface area contributed by atoms with Crippen LogP contribution in [0.2, 0.25) is 0 Å². The third-order valence-corrected chi connectivity index (χ3v) is 4.68. The van der Waals surface area contributed by atoms with Crippen molar-refractivity contribution >= 4 is 28.5 Å². The van der Waals surface area contributed by atoms with E-state index in [2.05, 4.69) is 5.32 Å². The molecule has 0 heterocycles. The van der Waals surface area contributed by atoms with Crippen molar-refractivity contribution in [2.75, 3.05) is 5.32 Å². The zero-order chi connectivity index (χ0) is 21.0. The fourth-order valence-corrected chi connectivity index (χ4v) is 3.37. The summed E-state index contributed by atoms with van der Waals surface area (Å²) >= 11 is 0. The fraction of sp³-hybridized carbons (Fsp3) is 0.250. The number of amides is 2. The zero-order valence-electron chi connectivity index (χ0n) is 17.2. The summed E-state index contributed by atoms with van der Waals surface area (Å²) in [4.78, 5) is 26.7. The van der Waals surface area contributed by atoms with E-state index in [1.165, 1.54) is 0 Å². The van der Waals surface area contributed by atoms with E-state index < -0.39 is 6.09 Å². The Balaban J connectivity index is 1.71. The third kappa shape index (κ3) is 4.74. The quantitative estimate of drug-likeness (QED) is 0.607. The number of carbonyl (C=O) groups excluding carboxylic acids is 2. The summed E-state index contributed by atoms with van der Waals surface area (Å²) in [6, 6.07) is 20.3. The van der Waals surface area contributed by atoms with Crippen molar-refractivity contribution in [2.45, 2.75) is 39.8 Å². The highest BCUT2D eigenvalue weighted by Crippen LogP contribution is 2.24. The van der Waals surface area contributed by atoms with Gasteiger partial charge >= 0.3 is 6.09 Å². The van der Waals surface area contributed by atoms with Crippen LogP contribution < -0.4 is 10.1 Å². The average Bonchev–Trinajstić information content (AvgIpc) is 2.68. The maximum Gasteiger partial charge on any atom is 0.415 e. The van der Waals surface area contributed by atoms with Crippen LogP contribution in [0.5, 0.6) is 5.75 Å². The van der Waals surface area contributed by atoms with Crippen LogP contribution in [-0.2, 0) is 0 Å². The summed E-state index contributed by atoms with van der Waals surface area (Å²) in [5, 5.41) is 5.00. The standard InChI is InChI=1S/C24H26N2O3/c1-16(2)26(17(3)4)24(28)29-20-14-12-19(13-15-20)23(27)25-22-11-7-9-18-8-5-6-10-21(18)22/h5-17H,1-4H3,(H,25,27). The predicted molar refractivity (Wildman–Crippen MR) is 116 cm³/mol. The Kier molecular flexibility index (Phi) is 6.17. The van der Waals surface area contributed by atoms with Crippen molar-refractivity contribution in [3.63, 3.8) is 0 Å². The van der Waals surface area contributed by atoms with Gasteiger partial charge in [-0.05, 0) is 63.4 Å². The third-order valence-electron chi connectivity index (χ3n) is 4.68. The lowest BCUT2D eigenvalue weighted by atomic mass is 10.1. The number of nitrogens with zero attached hydrogens (tertiary/aromatic N) is 1. The van der Waals surface area contributed by atoms with E-state index in [1.54, 1.807) is 29.2 Å². The van der Waals surface area contributed by atoms with Gasteiger partial charge < -0.3 is 15.0 Å². The van der Waals surface area contributed by atoms with Gasteiger partial charge in [0.05, 0.1) is 0 Å². The van der Waals surface area contributed by atoms with E-state index in [9.17, 15) is 9.59 Å².